The molecular formula is C16H24N4S. The lowest BCUT2D eigenvalue weighted by atomic mass is 9.94. The normalized spacial score (nSPS) is 21.8. The van der Waals surface area contributed by atoms with Gasteiger partial charge in [0.2, 0.25) is 0 Å². The Balaban J connectivity index is 2.15. The zero-order chi connectivity index (χ0) is 15.2. The van der Waals surface area contributed by atoms with E-state index in [1.54, 1.807) is 0 Å². The van der Waals surface area contributed by atoms with Crippen molar-refractivity contribution in [3.05, 3.63) is 16.8 Å². The van der Waals surface area contributed by atoms with E-state index < -0.39 is 0 Å². The predicted octanol–water partition coefficient (Wildman–Crippen LogP) is 3.56. The summed E-state index contributed by atoms with van der Waals surface area (Å²) < 4.78 is 0. The highest BCUT2D eigenvalue weighted by Gasteiger charge is 2.22. The van der Waals surface area contributed by atoms with Gasteiger partial charge in [-0.2, -0.15) is 22.1 Å². The van der Waals surface area contributed by atoms with E-state index in [9.17, 15) is 5.26 Å². The fourth-order valence-corrected chi connectivity index (χ4v) is 3.77. The van der Waals surface area contributed by atoms with Crippen LogP contribution in [0.15, 0.2) is 0 Å². The van der Waals surface area contributed by atoms with Crippen LogP contribution in [0.3, 0.4) is 0 Å². The molecule has 0 amide bonds. The summed E-state index contributed by atoms with van der Waals surface area (Å²) in [4.78, 5) is 0. The first kappa shape index (κ1) is 16.1. The van der Waals surface area contributed by atoms with Gasteiger partial charge in [-0.3, -0.25) is 0 Å². The molecule has 0 aliphatic heterocycles. The quantitative estimate of drug-likeness (QED) is 0.901. The number of hydrogen-bond donors (Lipinski definition) is 1. The topological polar surface area (TPSA) is 61.6 Å². The molecule has 1 aromatic heterocycles. The van der Waals surface area contributed by atoms with E-state index in [0.29, 0.717) is 17.4 Å². The lowest BCUT2D eigenvalue weighted by Gasteiger charge is -2.28. The first-order valence-corrected chi connectivity index (χ1v) is 9.10. The third kappa shape index (κ3) is 3.68. The summed E-state index contributed by atoms with van der Waals surface area (Å²) in [6.45, 7) is 4.13. The number of hydrogen-bond acceptors (Lipinski definition) is 5. The maximum atomic E-state index is 9.50. The highest BCUT2D eigenvalue weighted by molar-refractivity contribution is 7.99. The Morgan fingerprint density at radius 3 is 2.43 bits per heavy atom. The fraction of sp³-hybridized carbons (Fsp3) is 0.688. The Kier molecular flexibility index (Phi) is 5.86. The van der Waals surface area contributed by atoms with Crippen LogP contribution in [-0.2, 0) is 12.8 Å². The number of anilines is 1. The van der Waals surface area contributed by atoms with Crippen LogP contribution < -0.4 is 5.32 Å². The van der Waals surface area contributed by atoms with Crippen molar-refractivity contribution in [1.29, 1.82) is 5.26 Å². The highest BCUT2D eigenvalue weighted by atomic mass is 32.2. The van der Waals surface area contributed by atoms with Crippen LogP contribution >= 0.6 is 11.8 Å². The van der Waals surface area contributed by atoms with Crippen molar-refractivity contribution in [2.75, 3.05) is 11.6 Å². The number of aromatic nitrogens is 2. The molecular weight excluding hydrogens is 280 g/mol. The van der Waals surface area contributed by atoms with Crippen LogP contribution in [0.2, 0.25) is 0 Å². The average molecular weight is 304 g/mol. The summed E-state index contributed by atoms with van der Waals surface area (Å²) in [7, 11) is 0. The molecule has 0 atom stereocenters. The van der Waals surface area contributed by atoms with Crippen molar-refractivity contribution in [3.63, 3.8) is 0 Å². The van der Waals surface area contributed by atoms with Crippen LogP contribution in [0.5, 0.6) is 0 Å². The molecule has 0 radical (unpaired) electrons. The van der Waals surface area contributed by atoms with E-state index in [2.05, 4.69) is 41.7 Å². The summed E-state index contributed by atoms with van der Waals surface area (Å²) >= 11 is 1.96. The molecule has 5 heteroatoms. The van der Waals surface area contributed by atoms with E-state index >= 15 is 0 Å². The average Bonchev–Trinajstić information content (AvgIpc) is 2.54. The molecule has 0 aromatic carbocycles. The maximum Gasteiger partial charge on any atom is 0.167 e. The first-order chi connectivity index (χ1) is 10.2. The first-order valence-electron chi connectivity index (χ1n) is 7.81. The van der Waals surface area contributed by atoms with Crippen LogP contribution in [0.1, 0.15) is 56.4 Å². The van der Waals surface area contributed by atoms with E-state index in [-0.39, 0.29) is 0 Å². The van der Waals surface area contributed by atoms with Gasteiger partial charge in [0.15, 0.2) is 5.82 Å². The van der Waals surface area contributed by atoms with Crippen molar-refractivity contribution in [2.24, 2.45) is 0 Å². The number of nitrogens with zero attached hydrogens (tertiary/aromatic N) is 3. The van der Waals surface area contributed by atoms with Gasteiger partial charge in [0.1, 0.15) is 11.6 Å². The van der Waals surface area contributed by atoms with E-state index in [4.69, 9.17) is 0 Å². The molecule has 1 saturated carbocycles. The molecule has 1 aliphatic rings. The maximum absolute atomic E-state index is 9.50. The van der Waals surface area contributed by atoms with Gasteiger partial charge in [0, 0.05) is 11.3 Å². The molecule has 1 N–H and O–H groups in total. The summed E-state index contributed by atoms with van der Waals surface area (Å²) in [6, 6.07) is 2.75. The van der Waals surface area contributed by atoms with Gasteiger partial charge in [-0.15, -0.1) is 5.10 Å². The van der Waals surface area contributed by atoms with Gasteiger partial charge in [-0.05, 0) is 50.3 Å². The summed E-state index contributed by atoms with van der Waals surface area (Å²) in [6.07, 6.45) is 8.61. The number of thioether (sulfide) groups is 1. The van der Waals surface area contributed by atoms with Crippen LogP contribution in [-0.4, -0.2) is 27.7 Å². The molecule has 0 bridgehead atoms. The lowest BCUT2D eigenvalue weighted by molar-refractivity contribution is 0.471. The zero-order valence-electron chi connectivity index (χ0n) is 13.1. The second kappa shape index (κ2) is 7.65. The Bertz CT molecular complexity index is 516. The second-order valence-corrected chi connectivity index (χ2v) is 6.66. The minimum Gasteiger partial charge on any atom is -0.365 e. The minimum atomic E-state index is 0.423. The Morgan fingerprint density at radius 2 is 1.90 bits per heavy atom. The van der Waals surface area contributed by atoms with Crippen LogP contribution in [0.25, 0.3) is 0 Å². The molecule has 114 valence electrons. The third-order valence-corrected chi connectivity index (χ3v) is 5.44. The largest absolute Gasteiger partial charge is 0.365 e. The van der Waals surface area contributed by atoms with Gasteiger partial charge in [0.25, 0.3) is 0 Å². The number of nitrogens with one attached hydrogen (secondary N) is 1. The van der Waals surface area contributed by atoms with Crippen molar-refractivity contribution in [2.45, 2.75) is 63.7 Å². The zero-order valence-corrected chi connectivity index (χ0v) is 14.0. The number of rotatable bonds is 5. The van der Waals surface area contributed by atoms with E-state index in [1.807, 2.05) is 11.8 Å². The second-order valence-electron chi connectivity index (χ2n) is 5.52. The minimum absolute atomic E-state index is 0.423. The van der Waals surface area contributed by atoms with Crippen molar-refractivity contribution >= 4 is 17.6 Å². The molecule has 2 rings (SSSR count). The summed E-state index contributed by atoms with van der Waals surface area (Å²) in [5, 5.41) is 22.3. The van der Waals surface area contributed by atoms with E-state index in [0.717, 1.165) is 42.2 Å². The monoisotopic (exact) mass is 304 g/mol. The molecule has 1 aliphatic carbocycles. The van der Waals surface area contributed by atoms with Gasteiger partial charge < -0.3 is 5.32 Å². The van der Waals surface area contributed by atoms with Gasteiger partial charge in [0.05, 0.1) is 5.69 Å². The summed E-state index contributed by atoms with van der Waals surface area (Å²) in [5.74, 6) is 0.680. The molecule has 4 nitrogen and oxygen atoms in total. The van der Waals surface area contributed by atoms with E-state index in [1.165, 1.54) is 12.8 Å². The van der Waals surface area contributed by atoms with Gasteiger partial charge >= 0.3 is 0 Å². The van der Waals surface area contributed by atoms with Crippen LogP contribution in [0.4, 0.5) is 5.82 Å². The fourth-order valence-electron chi connectivity index (χ4n) is 3.03. The van der Waals surface area contributed by atoms with Crippen molar-refractivity contribution < 1.29 is 0 Å². The molecule has 21 heavy (non-hydrogen) atoms. The molecule has 0 unspecified atom stereocenters. The highest BCUT2D eigenvalue weighted by Crippen LogP contribution is 2.29. The summed E-state index contributed by atoms with van der Waals surface area (Å²) in [5.41, 5.74) is 2.69. The molecule has 1 fully saturated rings. The number of nitriles is 1. The third-order valence-electron chi connectivity index (χ3n) is 4.31. The Morgan fingerprint density at radius 1 is 1.19 bits per heavy atom. The Labute approximate surface area is 131 Å². The standard InChI is InChI=1S/C16H24N4S/c1-4-13-14(10-17)16(20-19-15(13)5-2)18-11-6-8-12(21-3)9-7-11/h11-12H,4-9H2,1-3H3,(H,18,20). The van der Waals surface area contributed by atoms with Crippen molar-refractivity contribution in [3.8, 4) is 6.07 Å². The Hall–Kier alpha value is -1.28. The van der Waals surface area contributed by atoms with Crippen molar-refractivity contribution in [1.82, 2.24) is 10.2 Å². The van der Waals surface area contributed by atoms with Gasteiger partial charge in [-0.1, -0.05) is 13.8 Å². The number of aryl methyl sites for hydroxylation is 1. The molecule has 0 saturated heterocycles. The molecule has 1 heterocycles. The van der Waals surface area contributed by atoms with Gasteiger partial charge in [-0.25, -0.2) is 0 Å². The predicted molar refractivity (Wildman–Crippen MR) is 88.7 cm³/mol. The van der Waals surface area contributed by atoms with Crippen LogP contribution in [0, 0.1) is 11.3 Å². The molecule has 1 aromatic rings. The SMILES string of the molecule is CCc1nnc(NC2CCC(SC)CC2)c(C#N)c1CC. The smallest absolute Gasteiger partial charge is 0.167 e. The lowest BCUT2D eigenvalue weighted by Crippen LogP contribution is -2.28. The molecule has 0 spiro atoms.